The van der Waals surface area contributed by atoms with Crippen molar-refractivity contribution in [3.63, 3.8) is 0 Å². The number of amides is 2. The normalized spacial score (nSPS) is 10.3. The van der Waals surface area contributed by atoms with Gasteiger partial charge in [-0.3, -0.25) is 0 Å². The van der Waals surface area contributed by atoms with Gasteiger partial charge in [0, 0.05) is 20.2 Å². The summed E-state index contributed by atoms with van der Waals surface area (Å²) in [5, 5.41) is 11.4. The van der Waals surface area contributed by atoms with Crippen LogP contribution in [0.3, 0.4) is 0 Å². The van der Waals surface area contributed by atoms with Crippen molar-refractivity contribution in [3.05, 3.63) is 29.6 Å². The number of halogens is 1. The van der Waals surface area contributed by atoms with Gasteiger partial charge < -0.3 is 20.1 Å². The summed E-state index contributed by atoms with van der Waals surface area (Å²) in [5.41, 5.74) is 0.901. The second-order valence-electron chi connectivity index (χ2n) is 4.12. The van der Waals surface area contributed by atoms with Gasteiger partial charge in [0.25, 0.3) is 0 Å². The molecule has 0 aliphatic carbocycles. The van der Waals surface area contributed by atoms with Crippen molar-refractivity contribution in [2.24, 2.45) is 0 Å². The van der Waals surface area contributed by atoms with Gasteiger partial charge in [-0.1, -0.05) is 6.07 Å². The highest BCUT2D eigenvalue weighted by molar-refractivity contribution is 5.89. The molecule has 1 aromatic carbocycles. The predicted octanol–water partition coefficient (Wildman–Crippen LogP) is 1.61. The average Bonchev–Trinajstić information content (AvgIpc) is 2.37. The molecule has 6 heteroatoms. The quantitative estimate of drug-likeness (QED) is 0.825. The van der Waals surface area contributed by atoms with Crippen molar-refractivity contribution in [2.75, 3.05) is 38.7 Å². The summed E-state index contributed by atoms with van der Waals surface area (Å²) < 4.78 is 18.5. The van der Waals surface area contributed by atoms with Gasteiger partial charge >= 0.3 is 6.03 Å². The number of carbonyl (C=O) groups is 1. The van der Waals surface area contributed by atoms with Gasteiger partial charge in [0.15, 0.2) is 0 Å². The lowest BCUT2D eigenvalue weighted by Crippen LogP contribution is -2.39. The standard InChI is InChI=1S/C13H19FN2O3/c1-10-3-4-12(11(14)9-10)15-13(18)16(5-7-17)6-8-19-2/h3-4,9,17H,5-8H2,1-2H3,(H,15,18). The van der Waals surface area contributed by atoms with Gasteiger partial charge in [0.05, 0.1) is 18.9 Å². The number of aliphatic hydroxyl groups is 1. The second kappa shape index (κ2) is 7.70. The maximum atomic E-state index is 13.6. The highest BCUT2D eigenvalue weighted by Crippen LogP contribution is 2.15. The fourth-order valence-corrected chi connectivity index (χ4v) is 1.55. The third-order valence-corrected chi connectivity index (χ3v) is 2.59. The van der Waals surface area contributed by atoms with E-state index in [1.165, 1.54) is 24.1 Å². The van der Waals surface area contributed by atoms with E-state index in [0.29, 0.717) is 13.2 Å². The molecule has 0 aromatic heterocycles. The molecule has 19 heavy (non-hydrogen) atoms. The number of rotatable bonds is 6. The molecule has 5 nitrogen and oxygen atoms in total. The molecule has 106 valence electrons. The molecule has 0 fully saturated rings. The van der Waals surface area contributed by atoms with Crippen molar-refractivity contribution in [1.29, 1.82) is 0 Å². The minimum atomic E-state index is -0.482. The largest absolute Gasteiger partial charge is 0.395 e. The first-order valence-corrected chi connectivity index (χ1v) is 6.00. The number of methoxy groups -OCH3 is 1. The maximum Gasteiger partial charge on any atom is 0.322 e. The van der Waals surface area contributed by atoms with E-state index < -0.39 is 11.8 Å². The Morgan fingerprint density at radius 1 is 1.47 bits per heavy atom. The monoisotopic (exact) mass is 270 g/mol. The van der Waals surface area contributed by atoms with Crippen LogP contribution in [0.5, 0.6) is 0 Å². The molecular weight excluding hydrogens is 251 g/mol. The molecular formula is C13H19FN2O3. The van der Waals surface area contributed by atoms with Crippen LogP contribution in [-0.4, -0.2) is 49.5 Å². The summed E-state index contributed by atoms with van der Waals surface area (Å²) in [4.78, 5) is 13.3. The highest BCUT2D eigenvalue weighted by Gasteiger charge is 2.14. The summed E-state index contributed by atoms with van der Waals surface area (Å²) in [5.74, 6) is -0.482. The average molecular weight is 270 g/mol. The van der Waals surface area contributed by atoms with Crippen LogP contribution in [-0.2, 0) is 4.74 Å². The number of urea groups is 1. The molecule has 1 rings (SSSR count). The number of ether oxygens (including phenoxy) is 1. The van der Waals surface area contributed by atoms with Crippen molar-refractivity contribution >= 4 is 11.7 Å². The molecule has 2 amide bonds. The van der Waals surface area contributed by atoms with Gasteiger partial charge in [-0.25, -0.2) is 9.18 Å². The van der Waals surface area contributed by atoms with E-state index in [4.69, 9.17) is 9.84 Å². The zero-order chi connectivity index (χ0) is 14.3. The SMILES string of the molecule is COCCN(CCO)C(=O)Nc1ccc(C)cc1F. The van der Waals surface area contributed by atoms with Gasteiger partial charge in [-0.2, -0.15) is 0 Å². The first kappa shape index (κ1) is 15.4. The Kier molecular flexibility index (Phi) is 6.24. The Labute approximate surface area is 112 Å². The van der Waals surface area contributed by atoms with E-state index in [-0.39, 0.29) is 18.8 Å². The fourth-order valence-electron chi connectivity index (χ4n) is 1.55. The van der Waals surface area contributed by atoms with Gasteiger partial charge in [0.2, 0.25) is 0 Å². The summed E-state index contributed by atoms with van der Waals surface area (Å²) in [7, 11) is 1.52. The predicted molar refractivity (Wildman–Crippen MR) is 70.7 cm³/mol. The van der Waals surface area contributed by atoms with Crippen LogP contribution < -0.4 is 5.32 Å². The molecule has 0 heterocycles. The van der Waals surface area contributed by atoms with Crippen molar-refractivity contribution in [3.8, 4) is 0 Å². The number of carbonyl (C=O) groups excluding carboxylic acids is 1. The van der Waals surface area contributed by atoms with E-state index >= 15 is 0 Å². The zero-order valence-corrected chi connectivity index (χ0v) is 11.1. The van der Waals surface area contributed by atoms with Crippen LogP contribution in [0.4, 0.5) is 14.9 Å². The molecule has 0 aliphatic rings. The summed E-state index contributed by atoms with van der Waals surface area (Å²) in [6, 6.07) is 4.11. The molecule has 1 aromatic rings. The Morgan fingerprint density at radius 2 is 2.21 bits per heavy atom. The molecule has 0 saturated carbocycles. The lowest BCUT2D eigenvalue weighted by Gasteiger charge is -2.22. The molecule has 0 bridgehead atoms. The number of hydrogen-bond acceptors (Lipinski definition) is 3. The number of nitrogens with one attached hydrogen (secondary N) is 1. The van der Waals surface area contributed by atoms with Gasteiger partial charge in [-0.05, 0) is 24.6 Å². The number of anilines is 1. The van der Waals surface area contributed by atoms with Crippen LogP contribution in [0.25, 0.3) is 0 Å². The van der Waals surface area contributed by atoms with E-state index in [1.54, 1.807) is 13.0 Å². The van der Waals surface area contributed by atoms with Crippen LogP contribution in [0.2, 0.25) is 0 Å². The highest BCUT2D eigenvalue weighted by atomic mass is 19.1. The van der Waals surface area contributed by atoms with E-state index in [0.717, 1.165) is 5.56 Å². The van der Waals surface area contributed by atoms with Gasteiger partial charge in [0.1, 0.15) is 5.82 Å². The number of benzene rings is 1. The first-order valence-electron chi connectivity index (χ1n) is 6.00. The Morgan fingerprint density at radius 3 is 2.79 bits per heavy atom. The lowest BCUT2D eigenvalue weighted by molar-refractivity contribution is 0.142. The topological polar surface area (TPSA) is 61.8 Å². The van der Waals surface area contributed by atoms with Crippen molar-refractivity contribution < 1.29 is 19.0 Å². The van der Waals surface area contributed by atoms with E-state index in [1.807, 2.05) is 0 Å². The maximum absolute atomic E-state index is 13.6. The van der Waals surface area contributed by atoms with Crippen LogP contribution in [0, 0.1) is 12.7 Å². The van der Waals surface area contributed by atoms with Crippen LogP contribution >= 0.6 is 0 Å². The molecule has 0 saturated heterocycles. The van der Waals surface area contributed by atoms with Crippen molar-refractivity contribution in [2.45, 2.75) is 6.92 Å². The number of aryl methyl sites for hydroxylation is 1. The van der Waals surface area contributed by atoms with E-state index in [2.05, 4.69) is 5.32 Å². The number of hydrogen-bond donors (Lipinski definition) is 2. The third-order valence-electron chi connectivity index (χ3n) is 2.59. The minimum Gasteiger partial charge on any atom is -0.395 e. The second-order valence-corrected chi connectivity index (χ2v) is 4.12. The Balaban J connectivity index is 2.69. The molecule has 0 radical (unpaired) electrons. The smallest absolute Gasteiger partial charge is 0.322 e. The van der Waals surface area contributed by atoms with E-state index in [9.17, 15) is 9.18 Å². The molecule has 0 unspecified atom stereocenters. The minimum absolute atomic E-state index is 0.121. The molecule has 0 aliphatic heterocycles. The third kappa shape index (κ3) is 4.84. The summed E-state index contributed by atoms with van der Waals surface area (Å²) >= 11 is 0. The number of aliphatic hydroxyl groups excluding tert-OH is 1. The first-order chi connectivity index (χ1) is 9.08. The number of nitrogens with zero attached hydrogens (tertiary/aromatic N) is 1. The molecule has 2 N–H and O–H groups in total. The Bertz CT molecular complexity index is 426. The van der Waals surface area contributed by atoms with Crippen molar-refractivity contribution in [1.82, 2.24) is 4.90 Å². The van der Waals surface area contributed by atoms with Gasteiger partial charge in [-0.15, -0.1) is 0 Å². The lowest BCUT2D eigenvalue weighted by atomic mass is 10.2. The molecule has 0 atom stereocenters. The van der Waals surface area contributed by atoms with Crippen LogP contribution in [0.1, 0.15) is 5.56 Å². The fraction of sp³-hybridized carbons (Fsp3) is 0.462. The van der Waals surface area contributed by atoms with Crippen LogP contribution in [0.15, 0.2) is 18.2 Å². The summed E-state index contributed by atoms with van der Waals surface area (Å²) in [6.45, 7) is 2.46. The Hall–Kier alpha value is -1.66. The molecule has 0 spiro atoms. The summed E-state index contributed by atoms with van der Waals surface area (Å²) in [6.07, 6.45) is 0. The zero-order valence-electron chi connectivity index (χ0n) is 11.1.